The Bertz CT molecular complexity index is 525. The van der Waals surface area contributed by atoms with Gasteiger partial charge in [-0.2, -0.15) is 5.26 Å². The molecule has 102 valence electrons. The van der Waals surface area contributed by atoms with Gasteiger partial charge in [-0.3, -0.25) is 0 Å². The van der Waals surface area contributed by atoms with Crippen molar-refractivity contribution in [3.63, 3.8) is 0 Å². The first-order chi connectivity index (χ1) is 8.90. The molecule has 0 radical (unpaired) electrons. The fraction of sp³-hybridized carbons (Fsp3) is 0.385. The van der Waals surface area contributed by atoms with E-state index in [0.717, 1.165) is 6.07 Å². The van der Waals surface area contributed by atoms with E-state index < -0.39 is 11.8 Å². The van der Waals surface area contributed by atoms with Crippen LogP contribution in [0.2, 0.25) is 0 Å². The number of hydrogen-bond donors (Lipinski definition) is 2. The molecule has 1 aromatic rings. The molecule has 0 heterocycles. The second kappa shape index (κ2) is 6.05. The van der Waals surface area contributed by atoms with Crippen LogP contribution in [0.3, 0.4) is 0 Å². The Kier molecular flexibility index (Phi) is 4.70. The largest absolute Gasteiger partial charge is 0.478 e. The van der Waals surface area contributed by atoms with Gasteiger partial charge in [0.1, 0.15) is 5.82 Å². The lowest BCUT2D eigenvalue weighted by Gasteiger charge is -2.25. The summed E-state index contributed by atoms with van der Waals surface area (Å²) in [4.78, 5) is 12.6. The molecule has 1 rings (SSSR count). The zero-order chi connectivity index (χ0) is 14.6. The Balaban J connectivity index is 3.20. The van der Waals surface area contributed by atoms with Crippen LogP contribution in [0.15, 0.2) is 12.1 Å². The highest BCUT2D eigenvalue weighted by atomic mass is 19.1. The molecule has 19 heavy (non-hydrogen) atoms. The van der Waals surface area contributed by atoms with Crippen molar-refractivity contribution in [2.45, 2.75) is 13.8 Å². The summed E-state index contributed by atoms with van der Waals surface area (Å²) in [5.74, 6) is -2.08. The second-order valence-electron chi connectivity index (χ2n) is 4.26. The molecule has 0 aromatic heterocycles. The van der Waals surface area contributed by atoms with E-state index in [2.05, 4.69) is 6.07 Å². The number of benzene rings is 1. The van der Waals surface area contributed by atoms with E-state index in [0.29, 0.717) is 13.1 Å². The van der Waals surface area contributed by atoms with Crippen LogP contribution in [0.4, 0.5) is 15.8 Å². The zero-order valence-corrected chi connectivity index (χ0v) is 10.9. The van der Waals surface area contributed by atoms with Crippen molar-refractivity contribution in [2.24, 2.45) is 5.92 Å². The molecule has 6 heteroatoms. The van der Waals surface area contributed by atoms with Crippen LogP contribution < -0.4 is 10.6 Å². The summed E-state index contributed by atoms with van der Waals surface area (Å²) in [5.41, 5.74) is 5.37. The van der Waals surface area contributed by atoms with Crippen molar-refractivity contribution in [1.29, 1.82) is 5.26 Å². The van der Waals surface area contributed by atoms with Gasteiger partial charge in [-0.15, -0.1) is 0 Å². The smallest absolute Gasteiger partial charge is 0.337 e. The second-order valence-corrected chi connectivity index (χ2v) is 4.26. The fourth-order valence-electron chi connectivity index (χ4n) is 1.77. The van der Waals surface area contributed by atoms with E-state index in [1.165, 1.54) is 6.07 Å². The van der Waals surface area contributed by atoms with Crippen LogP contribution >= 0.6 is 0 Å². The average molecular weight is 265 g/mol. The maximum Gasteiger partial charge on any atom is 0.337 e. The molecule has 0 bridgehead atoms. The van der Waals surface area contributed by atoms with Gasteiger partial charge in [0.25, 0.3) is 0 Å². The number of carboxylic acids is 1. The molecule has 1 atom stereocenters. The summed E-state index contributed by atoms with van der Waals surface area (Å²) in [5, 5.41) is 17.8. The Labute approximate surface area is 111 Å². The topological polar surface area (TPSA) is 90.3 Å². The average Bonchev–Trinajstić information content (AvgIpc) is 2.35. The predicted molar refractivity (Wildman–Crippen MR) is 70.4 cm³/mol. The lowest BCUT2D eigenvalue weighted by Crippen LogP contribution is -2.29. The van der Waals surface area contributed by atoms with Crippen molar-refractivity contribution in [2.75, 3.05) is 23.7 Å². The molecule has 0 amide bonds. The van der Waals surface area contributed by atoms with Crippen molar-refractivity contribution < 1.29 is 14.3 Å². The third-order valence-corrected chi connectivity index (χ3v) is 2.79. The minimum Gasteiger partial charge on any atom is -0.478 e. The van der Waals surface area contributed by atoms with Gasteiger partial charge >= 0.3 is 5.97 Å². The van der Waals surface area contributed by atoms with E-state index in [4.69, 9.17) is 16.1 Å². The normalized spacial score (nSPS) is 11.7. The number of rotatable bonds is 5. The summed E-state index contributed by atoms with van der Waals surface area (Å²) in [7, 11) is 0. The molecule has 0 fully saturated rings. The molecule has 0 aliphatic rings. The summed E-state index contributed by atoms with van der Waals surface area (Å²) in [6.45, 7) is 4.31. The van der Waals surface area contributed by atoms with Gasteiger partial charge in [-0.05, 0) is 26.0 Å². The number of carboxylic acid groups (broad SMARTS) is 1. The van der Waals surface area contributed by atoms with E-state index in [9.17, 15) is 9.18 Å². The van der Waals surface area contributed by atoms with E-state index >= 15 is 0 Å². The Morgan fingerprint density at radius 1 is 1.63 bits per heavy atom. The van der Waals surface area contributed by atoms with Crippen molar-refractivity contribution in [1.82, 2.24) is 0 Å². The van der Waals surface area contributed by atoms with Gasteiger partial charge in [0.2, 0.25) is 0 Å². The summed E-state index contributed by atoms with van der Waals surface area (Å²) >= 11 is 0. The van der Waals surface area contributed by atoms with E-state index in [-0.39, 0.29) is 22.9 Å². The van der Waals surface area contributed by atoms with Gasteiger partial charge in [0.05, 0.1) is 23.2 Å². The molecule has 1 unspecified atom stereocenters. The van der Waals surface area contributed by atoms with Gasteiger partial charge in [0, 0.05) is 18.8 Å². The molecule has 0 saturated carbocycles. The first-order valence-electron chi connectivity index (χ1n) is 5.87. The van der Waals surface area contributed by atoms with Crippen LogP contribution in [-0.2, 0) is 0 Å². The Morgan fingerprint density at radius 3 is 2.74 bits per heavy atom. The van der Waals surface area contributed by atoms with Gasteiger partial charge in [-0.25, -0.2) is 9.18 Å². The van der Waals surface area contributed by atoms with Crippen molar-refractivity contribution in [3.8, 4) is 6.07 Å². The van der Waals surface area contributed by atoms with Gasteiger partial charge < -0.3 is 15.7 Å². The van der Waals surface area contributed by atoms with Crippen molar-refractivity contribution >= 4 is 17.3 Å². The van der Waals surface area contributed by atoms with Gasteiger partial charge in [-0.1, -0.05) is 0 Å². The number of nitrogens with two attached hydrogens (primary N) is 1. The third kappa shape index (κ3) is 3.35. The first kappa shape index (κ1) is 14.8. The summed E-state index contributed by atoms with van der Waals surface area (Å²) in [6.07, 6.45) is 0. The first-order valence-corrected chi connectivity index (χ1v) is 5.87. The SMILES string of the molecule is CCN(CC(C)C#N)c1cc(C(=O)O)c(N)cc1F. The molecule has 0 spiro atoms. The number of anilines is 2. The molecular weight excluding hydrogens is 249 g/mol. The van der Waals surface area contributed by atoms with Crippen molar-refractivity contribution in [3.05, 3.63) is 23.5 Å². The van der Waals surface area contributed by atoms with Crippen LogP contribution in [-0.4, -0.2) is 24.2 Å². The summed E-state index contributed by atoms with van der Waals surface area (Å²) in [6, 6.07) is 4.27. The number of nitriles is 1. The quantitative estimate of drug-likeness (QED) is 0.795. The molecular formula is C13H16FN3O2. The predicted octanol–water partition coefficient (Wildman–Crippen LogP) is 2.09. The Morgan fingerprint density at radius 2 is 2.26 bits per heavy atom. The Hall–Kier alpha value is -2.29. The molecule has 0 aliphatic carbocycles. The highest BCUT2D eigenvalue weighted by molar-refractivity contribution is 5.95. The highest BCUT2D eigenvalue weighted by Crippen LogP contribution is 2.26. The van der Waals surface area contributed by atoms with Crippen LogP contribution in [0.1, 0.15) is 24.2 Å². The van der Waals surface area contributed by atoms with Crippen LogP contribution in [0, 0.1) is 23.1 Å². The number of halogens is 1. The zero-order valence-electron chi connectivity index (χ0n) is 10.9. The van der Waals surface area contributed by atoms with E-state index in [1.54, 1.807) is 18.7 Å². The number of carbonyl (C=O) groups is 1. The number of nitrogens with zero attached hydrogens (tertiary/aromatic N) is 2. The number of hydrogen-bond acceptors (Lipinski definition) is 4. The number of aromatic carboxylic acids is 1. The van der Waals surface area contributed by atoms with Crippen LogP contribution in [0.25, 0.3) is 0 Å². The molecule has 1 aromatic carbocycles. The minimum atomic E-state index is -1.21. The molecule has 5 nitrogen and oxygen atoms in total. The lowest BCUT2D eigenvalue weighted by molar-refractivity contribution is 0.0698. The summed E-state index contributed by atoms with van der Waals surface area (Å²) < 4.78 is 13.9. The lowest BCUT2D eigenvalue weighted by atomic mass is 10.1. The maximum absolute atomic E-state index is 13.9. The fourth-order valence-corrected chi connectivity index (χ4v) is 1.77. The molecule has 0 saturated heterocycles. The number of nitrogen functional groups attached to an aromatic ring is 1. The maximum atomic E-state index is 13.9. The third-order valence-electron chi connectivity index (χ3n) is 2.79. The monoisotopic (exact) mass is 265 g/mol. The van der Waals surface area contributed by atoms with Gasteiger partial charge in [0.15, 0.2) is 0 Å². The molecule has 3 N–H and O–H groups in total. The highest BCUT2D eigenvalue weighted by Gasteiger charge is 2.18. The standard InChI is InChI=1S/C13H16FN3O2/c1-3-17(7-8(2)6-15)12-4-9(13(18)19)11(16)5-10(12)14/h4-5,8H,3,7,16H2,1-2H3,(H,18,19). The molecule has 0 aliphatic heterocycles. The minimum absolute atomic E-state index is 0.113. The van der Waals surface area contributed by atoms with Crippen LogP contribution in [0.5, 0.6) is 0 Å². The van der Waals surface area contributed by atoms with E-state index in [1.807, 2.05) is 0 Å².